The largest absolute Gasteiger partial charge is 0.481 e. The van der Waals surface area contributed by atoms with Crippen molar-refractivity contribution in [1.82, 2.24) is 4.98 Å². The summed E-state index contributed by atoms with van der Waals surface area (Å²) >= 11 is 0. The maximum atomic E-state index is 13.1. The van der Waals surface area contributed by atoms with E-state index in [1.54, 1.807) is 6.07 Å². The summed E-state index contributed by atoms with van der Waals surface area (Å²) in [5, 5.41) is 9.30. The minimum absolute atomic E-state index is 0.0310. The lowest BCUT2D eigenvalue weighted by Gasteiger charge is -2.44. The number of hydrogen-bond donors (Lipinski definition) is 1. The molecule has 5 nitrogen and oxygen atoms in total. The van der Waals surface area contributed by atoms with Gasteiger partial charge < -0.3 is 14.6 Å². The molecule has 0 saturated carbocycles. The van der Waals surface area contributed by atoms with Crippen LogP contribution in [0.1, 0.15) is 31.4 Å². The Kier molecular flexibility index (Phi) is 3.67. The second kappa shape index (κ2) is 5.35. The van der Waals surface area contributed by atoms with E-state index in [1.807, 2.05) is 0 Å². The van der Waals surface area contributed by atoms with E-state index in [-0.39, 0.29) is 6.42 Å². The van der Waals surface area contributed by atoms with E-state index in [9.17, 15) is 14.3 Å². The molecule has 21 heavy (non-hydrogen) atoms. The Morgan fingerprint density at radius 2 is 2.24 bits per heavy atom. The summed E-state index contributed by atoms with van der Waals surface area (Å²) < 4.78 is 24.4. The van der Waals surface area contributed by atoms with Crippen LogP contribution in [0.3, 0.4) is 0 Å². The molecule has 0 aromatic carbocycles. The van der Waals surface area contributed by atoms with E-state index in [0.717, 1.165) is 12.6 Å². The predicted octanol–water partition coefficient (Wildman–Crippen LogP) is 1.90. The molecule has 0 radical (unpaired) electrons. The van der Waals surface area contributed by atoms with Gasteiger partial charge in [0.25, 0.3) is 0 Å². The summed E-state index contributed by atoms with van der Waals surface area (Å²) in [5.74, 6) is -1.30. The van der Waals surface area contributed by atoms with Crippen molar-refractivity contribution >= 4 is 5.97 Å². The summed E-state index contributed by atoms with van der Waals surface area (Å²) in [6.07, 6.45) is 2.99. The van der Waals surface area contributed by atoms with Crippen LogP contribution in [0.5, 0.6) is 0 Å². The van der Waals surface area contributed by atoms with Gasteiger partial charge in [0, 0.05) is 30.7 Å². The summed E-state index contributed by atoms with van der Waals surface area (Å²) in [7, 11) is 0. The minimum atomic E-state index is -0.878. The molecule has 2 unspecified atom stereocenters. The molecule has 1 aromatic heterocycles. The van der Waals surface area contributed by atoms with Crippen LogP contribution >= 0.6 is 0 Å². The second-order valence-corrected chi connectivity index (χ2v) is 5.97. The summed E-state index contributed by atoms with van der Waals surface area (Å²) in [6.45, 7) is 1.57. The van der Waals surface area contributed by atoms with Crippen LogP contribution in [0.2, 0.25) is 0 Å². The fourth-order valence-corrected chi connectivity index (χ4v) is 3.50. The molecule has 6 heteroatoms. The molecular weight excluding hydrogens is 277 g/mol. The zero-order valence-corrected chi connectivity index (χ0v) is 11.7. The zero-order valence-electron chi connectivity index (χ0n) is 11.7. The summed E-state index contributed by atoms with van der Waals surface area (Å²) in [5.41, 5.74) is -0.421. The molecule has 1 aromatic rings. The molecule has 1 N–H and O–H groups in total. The first-order valence-electron chi connectivity index (χ1n) is 7.09. The summed E-state index contributed by atoms with van der Waals surface area (Å²) in [6, 6.07) is 2.92. The number of nitrogens with zero attached hydrogens (tertiary/aromatic N) is 1. The van der Waals surface area contributed by atoms with E-state index in [4.69, 9.17) is 9.47 Å². The topological polar surface area (TPSA) is 68.7 Å². The molecule has 114 valence electrons. The number of carboxylic acids is 1. The maximum Gasteiger partial charge on any atom is 0.304 e. The molecule has 0 bridgehead atoms. The number of aliphatic carboxylic acids is 1. The number of pyridine rings is 1. The molecule has 2 aliphatic rings. The van der Waals surface area contributed by atoms with Crippen LogP contribution in [-0.4, -0.2) is 41.5 Å². The highest BCUT2D eigenvalue weighted by molar-refractivity contribution is 5.69. The zero-order chi connectivity index (χ0) is 14.9. The Morgan fingerprint density at radius 3 is 2.86 bits per heavy atom. The van der Waals surface area contributed by atoms with Crippen LogP contribution in [0.15, 0.2) is 18.3 Å². The number of hydrogen-bond acceptors (Lipinski definition) is 4. The number of carboxylic acid groups (broad SMARTS) is 1. The Morgan fingerprint density at radius 1 is 1.38 bits per heavy atom. The number of carbonyl (C=O) groups is 1. The van der Waals surface area contributed by atoms with E-state index < -0.39 is 22.8 Å². The van der Waals surface area contributed by atoms with Crippen molar-refractivity contribution in [2.24, 2.45) is 0 Å². The van der Waals surface area contributed by atoms with Gasteiger partial charge >= 0.3 is 5.97 Å². The Bertz CT molecular complexity index is 527. The van der Waals surface area contributed by atoms with Crippen LogP contribution in [0.25, 0.3) is 0 Å². The van der Waals surface area contributed by atoms with Gasteiger partial charge in [0.15, 0.2) is 0 Å². The third-order valence-corrected chi connectivity index (χ3v) is 4.48. The second-order valence-electron chi connectivity index (χ2n) is 5.97. The highest BCUT2D eigenvalue weighted by Crippen LogP contribution is 2.46. The smallest absolute Gasteiger partial charge is 0.304 e. The van der Waals surface area contributed by atoms with Crippen LogP contribution in [0.4, 0.5) is 4.39 Å². The van der Waals surface area contributed by atoms with Gasteiger partial charge in [0.2, 0.25) is 0 Å². The van der Waals surface area contributed by atoms with Crippen LogP contribution in [-0.2, 0) is 19.7 Å². The van der Waals surface area contributed by atoms with E-state index in [0.29, 0.717) is 38.4 Å². The lowest BCUT2D eigenvalue weighted by Crippen LogP contribution is -2.49. The number of rotatable bonds is 3. The van der Waals surface area contributed by atoms with Crippen molar-refractivity contribution < 1.29 is 23.8 Å². The first-order chi connectivity index (χ1) is 10.0. The normalized spacial score (nSPS) is 32.4. The highest BCUT2D eigenvalue weighted by atomic mass is 19.1. The molecular formula is C15H18FNO4. The number of ether oxygens (including phenoxy) is 2. The monoisotopic (exact) mass is 295 g/mol. The lowest BCUT2D eigenvalue weighted by atomic mass is 9.68. The van der Waals surface area contributed by atoms with Crippen LogP contribution < -0.4 is 0 Å². The molecule has 2 atom stereocenters. The van der Waals surface area contributed by atoms with Crippen molar-refractivity contribution in [3.05, 3.63) is 29.8 Å². The first-order valence-corrected chi connectivity index (χ1v) is 7.09. The number of aromatic nitrogens is 1. The third-order valence-electron chi connectivity index (χ3n) is 4.48. The quantitative estimate of drug-likeness (QED) is 0.922. The van der Waals surface area contributed by atoms with Crippen molar-refractivity contribution in [2.75, 3.05) is 19.8 Å². The highest BCUT2D eigenvalue weighted by Gasteiger charge is 2.50. The van der Waals surface area contributed by atoms with Crippen molar-refractivity contribution in [3.63, 3.8) is 0 Å². The average Bonchev–Trinajstić information content (AvgIpc) is 2.86. The van der Waals surface area contributed by atoms with Gasteiger partial charge in [-0.25, -0.2) is 4.39 Å². The van der Waals surface area contributed by atoms with Gasteiger partial charge in [-0.05, 0) is 25.0 Å². The van der Waals surface area contributed by atoms with Gasteiger partial charge in [0.05, 0.1) is 24.8 Å². The Hall–Kier alpha value is -1.53. The van der Waals surface area contributed by atoms with Gasteiger partial charge in [0.1, 0.15) is 5.82 Å². The van der Waals surface area contributed by atoms with E-state index in [2.05, 4.69) is 4.98 Å². The third kappa shape index (κ3) is 2.78. The molecule has 2 aliphatic heterocycles. The molecule has 2 fully saturated rings. The molecule has 3 heterocycles. The van der Waals surface area contributed by atoms with Gasteiger partial charge in [-0.1, -0.05) is 0 Å². The van der Waals surface area contributed by atoms with Crippen molar-refractivity contribution in [1.29, 1.82) is 0 Å². The fourth-order valence-electron chi connectivity index (χ4n) is 3.50. The van der Waals surface area contributed by atoms with Gasteiger partial charge in [-0.15, -0.1) is 0 Å². The molecule has 2 saturated heterocycles. The average molecular weight is 295 g/mol. The van der Waals surface area contributed by atoms with Gasteiger partial charge in [-0.2, -0.15) is 0 Å². The van der Waals surface area contributed by atoms with E-state index >= 15 is 0 Å². The van der Waals surface area contributed by atoms with Gasteiger partial charge in [-0.3, -0.25) is 9.78 Å². The molecule has 0 amide bonds. The fraction of sp³-hybridized carbons (Fsp3) is 0.600. The van der Waals surface area contributed by atoms with E-state index in [1.165, 1.54) is 6.07 Å². The molecule has 1 spiro atoms. The maximum absolute atomic E-state index is 13.1. The lowest BCUT2D eigenvalue weighted by molar-refractivity contribution is -0.144. The van der Waals surface area contributed by atoms with Crippen molar-refractivity contribution in [3.8, 4) is 0 Å². The van der Waals surface area contributed by atoms with Crippen LogP contribution in [0, 0.1) is 5.82 Å². The Balaban J connectivity index is 1.96. The first kappa shape index (κ1) is 14.4. The van der Waals surface area contributed by atoms with Crippen molar-refractivity contribution in [2.45, 2.75) is 36.7 Å². The summed E-state index contributed by atoms with van der Waals surface area (Å²) in [4.78, 5) is 15.5. The SMILES string of the molecule is O=C(O)CC1(c2ccc(F)cn2)CCOC2(CCOC2)C1. The number of halogens is 1. The standard InChI is InChI=1S/C15H18FNO4/c16-11-1-2-12(17-8-11)14(7-13(18)19)3-6-21-15(9-14)4-5-20-10-15/h1-2,8H,3-7,9-10H2,(H,18,19). The Labute approximate surface area is 122 Å². The minimum Gasteiger partial charge on any atom is -0.481 e. The predicted molar refractivity (Wildman–Crippen MR) is 71.5 cm³/mol. The molecule has 3 rings (SSSR count). The molecule has 0 aliphatic carbocycles.